The quantitative estimate of drug-likeness (QED) is 0.526. The number of rotatable bonds is 0. The standard InChI is InChI=1S/C13H24/c1-9-4-7-13-11(3)10(2)5-6-12(13)8-9/h9-13H,4-8H2,1-3H3/t9-,10?,11-,12-,13+/m0/s1. The molecule has 0 amide bonds. The van der Waals surface area contributed by atoms with Crippen LogP contribution in [0.1, 0.15) is 52.9 Å². The molecule has 0 aromatic rings. The molecule has 2 aliphatic rings. The highest BCUT2D eigenvalue weighted by molar-refractivity contribution is 4.87. The van der Waals surface area contributed by atoms with Gasteiger partial charge in [-0.05, 0) is 48.9 Å². The van der Waals surface area contributed by atoms with Gasteiger partial charge < -0.3 is 0 Å². The summed E-state index contributed by atoms with van der Waals surface area (Å²) in [6.07, 6.45) is 7.58. The maximum Gasteiger partial charge on any atom is -0.0357 e. The van der Waals surface area contributed by atoms with Crippen LogP contribution in [0, 0.1) is 29.6 Å². The van der Waals surface area contributed by atoms with Crippen molar-refractivity contribution in [1.29, 1.82) is 0 Å². The highest BCUT2D eigenvalue weighted by atomic mass is 14.4. The number of hydrogen-bond donors (Lipinski definition) is 0. The Hall–Kier alpha value is 0. The van der Waals surface area contributed by atoms with Crippen LogP contribution < -0.4 is 0 Å². The largest absolute Gasteiger partial charge is 0.0625 e. The molecule has 0 nitrogen and oxygen atoms in total. The molecule has 0 aliphatic heterocycles. The zero-order valence-corrected chi connectivity index (χ0v) is 9.42. The van der Waals surface area contributed by atoms with Crippen molar-refractivity contribution in [3.05, 3.63) is 0 Å². The molecular weight excluding hydrogens is 156 g/mol. The summed E-state index contributed by atoms with van der Waals surface area (Å²) in [4.78, 5) is 0. The zero-order valence-electron chi connectivity index (χ0n) is 9.42. The molecule has 1 unspecified atom stereocenters. The first kappa shape index (κ1) is 9.55. The third kappa shape index (κ3) is 1.78. The van der Waals surface area contributed by atoms with Gasteiger partial charge in [-0.1, -0.05) is 33.6 Å². The molecule has 0 aromatic carbocycles. The Labute approximate surface area is 83.1 Å². The molecule has 2 saturated carbocycles. The van der Waals surface area contributed by atoms with Crippen LogP contribution in [0.5, 0.6) is 0 Å². The third-order valence-electron chi connectivity index (χ3n) is 4.87. The van der Waals surface area contributed by atoms with Crippen LogP contribution in [-0.2, 0) is 0 Å². The lowest BCUT2D eigenvalue weighted by atomic mass is 9.61. The van der Waals surface area contributed by atoms with Gasteiger partial charge >= 0.3 is 0 Å². The first-order chi connectivity index (χ1) is 6.18. The van der Waals surface area contributed by atoms with Crippen molar-refractivity contribution in [3.63, 3.8) is 0 Å². The van der Waals surface area contributed by atoms with E-state index in [1.54, 1.807) is 0 Å². The zero-order chi connectivity index (χ0) is 9.42. The van der Waals surface area contributed by atoms with Crippen molar-refractivity contribution in [1.82, 2.24) is 0 Å². The first-order valence-electron chi connectivity index (χ1n) is 6.18. The molecule has 0 bridgehead atoms. The molecule has 76 valence electrons. The summed E-state index contributed by atoms with van der Waals surface area (Å²) >= 11 is 0. The minimum absolute atomic E-state index is 0.995. The van der Waals surface area contributed by atoms with Gasteiger partial charge in [-0.25, -0.2) is 0 Å². The summed E-state index contributed by atoms with van der Waals surface area (Å²) in [5.74, 6) is 5.19. The molecular formula is C13H24. The summed E-state index contributed by atoms with van der Waals surface area (Å²) in [5, 5.41) is 0. The fourth-order valence-corrected chi connectivity index (χ4v) is 3.71. The van der Waals surface area contributed by atoms with Gasteiger partial charge in [0, 0.05) is 0 Å². The lowest BCUT2D eigenvalue weighted by molar-refractivity contribution is 0.0543. The van der Waals surface area contributed by atoms with E-state index in [1.165, 1.54) is 32.1 Å². The van der Waals surface area contributed by atoms with Gasteiger partial charge in [0.05, 0.1) is 0 Å². The molecule has 2 aliphatic carbocycles. The SMILES string of the molecule is CC1CC[C@H]2C[C@@H](C)CC[C@@H]2[C@H]1C. The van der Waals surface area contributed by atoms with Gasteiger partial charge in [0.2, 0.25) is 0 Å². The van der Waals surface area contributed by atoms with E-state index in [1.807, 2.05) is 0 Å². The molecule has 0 N–H and O–H groups in total. The lowest BCUT2D eigenvalue weighted by Crippen LogP contribution is -2.35. The third-order valence-corrected chi connectivity index (χ3v) is 4.87. The molecule has 0 radical (unpaired) electrons. The minimum atomic E-state index is 0.995. The number of fused-ring (bicyclic) bond motifs is 1. The average Bonchev–Trinajstić information content (AvgIpc) is 2.12. The summed E-state index contributed by atoms with van der Waals surface area (Å²) in [6.45, 7) is 7.40. The normalized spacial score (nSPS) is 51.5. The second-order valence-electron chi connectivity index (χ2n) is 5.76. The van der Waals surface area contributed by atoms with Crippen LogP contribution in [0.4, 0.5) is 0 Å². The predicted octanol–water partition coefficient (Wildman–Crippen LogP) is 4.10. The summed E-state index contributed by atoms with van der Waals surface area (Å²) in [6, 6.07) is 0. The van der Waals surface area contributed by atoms with Crippen molar-refractivity contribution >= 4 is 0 Å². The fraction of sp³-hybridized carbons (Fsp3) is 1.00. The van der Waals surface area contributed by atoms with Crippen LogP contribution in [0.2, 0.25) is 0 Å². The van der Waals surface area contributed by atoms with Crippen molar-refractivity contribution in [2.24, 2.45) is 29.6 Å². The van der Waals surface area contributed by atoms with Gasteiger partial charge in [-0.3, -0.25) is 0 Å². The van der Waals surface area contributed by atoms with E-state index in [0.717, 1.165) is 29.6 Å². The molecule has 2 fully saturated rings. The molecule has 0 heteroatoms. The second-order valence-corrected chi connectivity index (χ2v) is 5.76. The van der Waals surface area contributed by atoms with E-state index < -0.39 is 0 Å². The Kier molecular flexibility index (Phi) is 2.67. The predicted molar refractivity (Wildman–Crippen MR) is 57.6 cm³/mol. The Morgan fingerprint density at radius 2 is 1.62 bits per heavy atom. The number of hydrogen-bond acceptors (Lipinski definition) is 0. The minimum Gasteiger partial charge on any atom is -0.0625 e. The Bertz CT molecular complexity index is 173. The van der Waals surface area contributed by atoms with Crippen LogP contribution >= 0.6 is 0 Å². The van der Waals surface area contributed by atoms with Crippen molar-refractivity contribution in [2.45, 2.75) is 52.9 Å². The Morgan fingerprint density at radius 1 is 0.846 bits per heavy atom. The molecule has 2 rings (SSSR count). The Balaban J connectivity index is 2.02. The summed E-state index contributed by atoms with van der Waals surface area (Å²) in [5.41, 5.74) is 0. The van der Waals surface area contributed by atoms with Gasteiger partial charge in [-0.2, -0.15) is 0 Å². The topological polar surface area (TPSA) is 0 Å². The monoisotopic (exact) mass is 180 g/mol. The molecule has 0 heterocycles. The van der Waals surface area contributed by atoms with Crippen molar-refractivity contribution in [2.75, 3.05) is 0 Å². The van der Waals surface area contributed by atoms with Crippen LogP contribution in [0.15, 0.2) is 0 Å². The maximum absolute atomic E-state index is 2.50. The van der Waals surface area contributed by atoms with Gasteiger partial charge in [-0.15, -0.1) is 0 Å². The van der Waals surface area contributed by atoms with E-state index in [-0.39, 0.29) is 0 Å². The highest BCUT2D eigenvalue weighted by Gasteiger charge is 2.37. The smallest absolute Gasteiger partial charge is 0.0357 e. The van der Waals surface area contributed by atoms with E-state index >= 15 is 0 Å². The van der Waals surface area contributed by atoms with Crippen LogP contribution in [0.25, 0.3) is 0 Å². The second kappa shape index (κ2) is 3.63. The van der Waals surface area contributed by atoms with Crippen molar-refractivity contribution < 1.29 is 0 Å². The van der Waals surface area contributed by atoms with E-state index in [9.17, 15) is 0 Å². The van der Waals surface area contributed by atoms with Gasteiger partial charge in [0.1, 0.15) is 0 Å². The lowest BCUT2D eigenvalue weighted by Gasteiger charge is -2.45. The maximum atomic E-state index is 2.50. The molecule has 13 heavy (non-hydrogen) atoms. The molecule has 0 spiro atoms. The first-order valence-corrected chi connectivity index (χ1v) is 6.18. The molecule has 0 saturated heterocycles. The van der Waals surface area contributed by atoms with E-state index in [0.29, 0.717) is 0 Å². The average molecular weight is 180 g/mol. The van der Waals surface area contributed by atoms with Crippen molar-refractivity contribution in [3.8, 4) is 0 Å². The highest BCUT2D eigenvalue weighted by Crippen LogP contribution is 2.47. The van der Waals surface area contributed by atoms with E-state index in [4.69, 9.17) is 0 Å². The van der Waals surface area contributed by atoms with Gasteiger partial charge in [0.25, 0.3) is 0 Å². The molecule has 5 atom stereocenters. The molecule has 0 aromatic heterocycles. The van der Waals surface area contributed by atoms with Gasteiger partial charge in [0.15, 0.2) is 0 Å². The van der Waals surface area contributed by atoms with E-state index in [2.05, 4.69) is 20.8 Å². The van der Waals surface area contributed by atoms with Crippen LogP contribution in [0.3, 0.4) is 0 Å². The summed E-state index contributed by atoms with van der Waals surface area (Å²) < 4.78 is 0. The summed E-state index contributed by atoms with van der Waals surface area (Å²) in [7, 11) is 0. The fourth-order valence-electron chi connectivity index (χ4n) is 3.71. The Morgan fingerprint density at radius 3 is 2.38 bits per heavy atom. The van der Waals surface area contributed by atoms with Crippen LogP contribution in [-0.4, -0.2) is 0 Å².